The minimum absolute atomic E-state index is 0.0939. The highest BCUT2D eigenvalue weighted by Crippen LogP contribution is 2.37. The summed E-state index contributed by atoms with van der Waals surface area (Å²) in [5, 5.41) is 10.8. The first kappa shape index (κ1) is 21.5. The third-order valence-corrected chi connectivity index (χ3v) is 4.54. The van der Waals surface area contributed by atoms with Crippen LogP contribution >= 0.6 is 0 Å². The highest BCUT2D eigenvalue weighted by atomic mass is 16.5. The smallest absolute Gasteiger partial charge is 0.185 e. The molecular formula is C24H31NO3. The fraction of sp³-hybridized carbons (Fsp3) is 0.375. The molecule has 4 nitrogen and oxygen atoms in total. The van der Waals surface area contributed by atoms with E-state index in [-0.39, 0.29) is 5.78 Å². The molecule has 0 aliphatic rings. The number of ketones is 1. The second-order valence-electron chi connectivity index (χ2n) is 6.95. The van der Waals surface area contributed by atoms with Crippen molar-refractivity contribution in [2.75, 3.05) is 12.3 Å². The first-order valence-corrected chi connectivity index (χ1v) is 10.1. The maximum atomic E-state index is 12.5. The first-order chi connectivity index (χ1) is 13.5. The van der Waals surface area contributed by atoms with Crippen molar-refractivity contribution in [3.05, 3.63) is 58.7 Å². The Bertz CT molecular complexity index is 823. The summed E-state index contributed by atoms with van der Waals surface area (Å²) in [5.74, 6) is 0.919. The van der Waals surface area contributed by atoms with Crippen molar-refractivity contribution >= 4 is 17.5 Å². The number of phenolic OH excluding ortho intramolecular Hbond substituents is 1. The van der Waals surface area contributed by atoms with E-state index >= 15 is 0 Å². The Kier molecular flexibility index (Phi) is 8.12. The number of hydrogen-bond donors (Lipinski definition) is 2. The number of nitrogen functional groups attached to an aromatic ring is 1. The van der Waals surface area contributed by atoms with Crippen molar-refractivity contribution in [1.29, 1.82) is 0 Å². The van der Waals surface area contributed by atoms with Crippen molar-refractivity contribution in [1.82, 2.24) is 0 Å². The molecule has 0 aromatic heterocycles. The summed E-state index contributed by atoms with van der Waals surface area (Å²) < 4.78 is 6.00. The van der Waals surface area contributed by atoms with Crippen LogP contribution in [0.3, 0.4) is 0 Å². The number of phenols is 1. The van der Waals surface area contributed by atoms with Gasteiger partial charge in [-0.3, -0.25) is 4.79 Å². The minimum atomic E-state index is -0.0939. The lowest BCUT2D eigenvalue weighted by atomic mass is 9.96. The number of aryl methyl sites for hydroxylation is 1. The fourth-order valence-corrected chi connectivity index (χ4v) is 3.15. The number of rotatable bonds is 10. The zero-order valence-electron chi connectivity index (χ0n) is 17.1. The maximum Gasteiger partial charge on any atom is 0.185 e. The zero-order valence-corrected chi connectivity index (χ0v) is 17.1. The van der Waals surface area contributed by atoms with E-state index in [1.807, 2.05) is 13.0 Å². The molecule has 0 atom stereocenters. The second kappa shape index (κ2) is 10.5. The van der Waals surface area contributed by atoms with Crippen LogP contribution in [0.5, 0.6) is 11.5 Å². The second-order valence-corrected chi connectivity index (χ2v) is 6.95. The van der Waals surface area contributed by atoms with Gasteiger partial charge < -0.3 is 15.6 Å². The van der Waals surface area contributed by atoms with Crippen LogP contribution in [-0.4, -0.2) is 17.5 Å². The average molecular weight is 382 g/mol. The van der Waals surface area contributed by atoms with Crippen molar-refractivity contribution in [2.45, 2.75) is 52.9 Å². The average Bonchev–Trinajstić information content (AvgIpc) is 2.69. The Morgan fingerprint density at radius 3 is 2.36 bits per heavy atom. The molecule has 4 heteroatoms. The minimum Gasteiger partial charge on any atom is -0.507 e. The van der Waals surface area contributed by atoms with Gasteiger partial charge in [0.05, 0.1) is 6.61 Å². The van der Waals surface area contributed by atoms with E-state index < -0.39 is 0 Å². The summed E-state index contributed by atoms with van der Waals surface area (Å²) in [5.41, 5.74) is 9.47. The predicted molar refractivity (Wildman–Crippen MR) is 116 cm³/mol. The summed E-state index contributed by atoms with van der Waals surface area (Å²) in [6, 6.07) is 8.82. The molecule has 0 heterocycles. The molecule has 28 heavy (non-hydrogen) atoms. The Morgan fingerprint density at radius 2 is 1.75 bits per heavy atom. The number of nitrogens with two attached hydrogens (primary N) is 1. The molecule has 3 N–H and O–H groups in total. The van der Waals surface area contributed by atoms with Gasteiger partial charge in [-0.05, 0) is 67.3 Å². The van der Waals surface area contributed by atoms with Crippen LogP contribution in [0.2, 0.25) is 0 Å². The summed E-state index contributed by atoms with van der Waals surface area (Å²) in [6.07, 6.45) is 7.57. The third-order valence-electron chi connectivity index (χ3n) is 4.54. The van der Waals surface area contributed by atoms with E-state index in [1.165, 1.54) is 0 Å². The SMILES string of the molecule is CCCOc1c(C=CC(=O)c2ccc(N)cc2)cc(CCC)c(O)c1CCC. The van der Waals surface area contributed by atoms with E-state index in [0.717, 1.165) is 48.8 Å². The number of ether oxygens (including phenoxy) is 1. The number of carbonyl (C=O) groups excluding carboxylic acids is 1. The van der Waals surface area contributed by atoms with Crippen LogP contribution in [0.4, 0.5) is 5.69 Å². The molecule has 0 unspecified atom stereocenters. The lowest BCUT2D eigenvalue weighted by Gasteiger charge is -2.18. The number of benzene rings is 2. The van der Waals surface area contributed by atoms with Crippen LogP contribution in [0.15, 0.2) is 36.4 Å². The van der Waals surface area contributed by atoms with Crippen molar-refractivity contribution in [2.24, 2.45) is 0 Å². The Hall–Kier alpha value is -2.75. The topological polar surface area (TPSA) is 72.5 Å². The molecule has 0 bridgehead atoms. The van der Waals surface area contributed by atoms with E-state index in [2.05, 4.69) is 13.8 Å². The lowest BCUT2D eigenvalue weighted by Crippen LogP contribution is -2.04. The number of anilines is 1. The number of carbonyl (C=O) groups is 1. The molecule has 0 spiro atoms. The normalized spacial score (nSPS) is 11.1. The molecule has 150 valence electrons. The highest BCUT2D eigenvalue weighted by Gasteiger charge is 2.17. The maximum absolute atomic E-state index is 12.5. The first-order valence-electron chi connectivity index (χ1n) is 10.1. The Labute approximate surface area is 168 Å². The number of hydrogen-bond acceptors (Lipinski definition) is 4. The fourth-order valence-electron chi connectivity index (χ4n) is 3.15. The van der Waals surface area contributed by atoms with E-state index in [4.69, 9.17) is 10.5 Å². The third kappa shape index (κ3) is 5.38. The molecule has 2 aromatic carbocycles. The van der Waals surface area contributed by atoms with Gasteiger partial charge in [-0.25, -0.2) is 0 Å². The van der Waals surface area contributed by atoms with Gasteiger partial charge in [0.1, 0.15) is 11.5 Å². The Morgan fingerprint density at radius 1 is 1.07 bits per heavy atom. The molecule has 0 saturated heterocycles. The van der Waals surface area contributed by atoms with Crippen molar-refractivity contribution in [3.63, 3.8) is 0 Å². The van der Waals surface area contributed by atoms with Crippen molar-refractivity contribution < 1.29 is 14.6 Å². The van der Waals surface area contributed by atoms with Crippen LogP contribution in [0.1, 0.15) is 67.1 Å². The number of aromatic hydroxyl groups is 1. The summed E-state index contributed by atoms with van der Waals surface area (Å²) in [6.45, 7) is 6.78. The van der Waals surface area contributed by atoms with Gasteiger partial charge in [-0.1, -0.05) is 33.6 Å². The lowest BCUT2D eigenvalue weighted by molar-refractivity contribution is 0.104. The van der Waals surface area contributed by atoms with Gasteiger partial charge >= 0.3 is 0 Å². The zero-order chi connectivity index (χ0) is 20.5. The van der Waals surface area contributed by atoms with Crippen LogP contribution in [0, 0.1) is 0 Å². The molecule has 0 amide bonds. The number of allylic oxidation sites excluding steroid dienone is 1. The van der Waals surface area contributed by atoms with Gasteiger partial charge in [0.25, 0.3) is 0 Å². The molecule has 0 fully saturated rings. The van der Waals surface area contributed by atoms with Crippen LogP contribution < -0.4 is 10.5 Å². The van der Waals surface area contributed by atoms with Crippen molar-refractivity contribution in [3.8, 4) is 11.5 Å². The largest absolute Gasteiger partial charge is 0.507 e. The van der Waals surface area contributed by atoms with Gasteiger partial charge in [0.15, 0.2) is 5.78 Å². The van der Waals surface area contributed by atoms with E-state index in [1.54, 1.807) is 36.4 Å². The highest BCUT2D eigenvalue weighted by molar-refractivity contribution is 6.07. The summed E-state index contributed by atoms with van der Waals surface area (Å²) in [4.78, 5) is 12.5. The molecule has 0 saturated carbocycles. The summed E-state index contributed by atoms with van der Waals surface area (Å²) in [7, 11) is 0. The van der Waals surface area contributed by atoms with Gasteiger partial charge in [0, 0.05) is 22.4 Å². The predicted octanol–water partition coefficient (Wildman–Crippen LogP) is 5.56. The monoisotopic (exact) mass is 381 g/mol. The van der Waals surface area contributed by atoms with E-state index in [9.17, 15) is 9.90 Å². The molecule has 0 aliphatic carbocycles. The van der Waals surface area contributed by atoms with Crippen LogP contribution in [-0.2, 0) is 12.8 Å². The van der Waals surface area contributed by atoms with E-state index in [0.29, 0.717) is 29.4 Å². The Balaban J connectivity index is 2.46. The van der Waals surface area contributed by atoms with Crippen LogP contribution in [0.25, 0.3) is 6.08 Å². The molecule has 2 rings (SSSR count). The molecule has 2 aromatic rings. The standard InChI is InChI=1S/C24H31NO3/c1-4-7-18-16-19(11-14-22(26)17-9-12-20(25)13-10-17)24(28-15-6-3)21(8-5-2)23(18)27/h9-14,16,27H,4-8,15,25H2,1-3H3. The molecule has 0 aliphatic heterocycles. The molecule has 0 radical (unpaired) electrons. The molecular weight excluding hydrogens is 350 g/mol. The summed E-state index contributed by atoms with van der Waals surface area (Å²) >= 11 is 0. The van der Waals surface area contributed by atoms with Gasteiger partial charge in [-0.2, -0.15) is 0 Å². The van der Waals surface area contributed by atoms with Gasteiger partial charge in [0.2, 0.25) is 0 Å². The van der Waals surface area contributed by atoms with Gasteiger partial charge in [-0.15, -0.1) is 0 Å². The quantitative estimate of drug-likeness (QED) is 0.321.